The second-order valence-electron chi connectivity index (χ2n) is 5.49. The van der Waals surface area contributed by atoms with Gasteiger partial charge in [0.25, 0.3) is 0 Å². The molecule has 0 unspecified atom stereocenters. The molecule has 23 heavy (non-hydrogen) atoms. The van der Waals surface area contributed by atoms with E-state index in [0.29, 0.717) is 29.8 Å². The van der Waals surface area contributed by atoms with Gasteiger partial charge in [0.15, 0.2) is 12.1 Å². The molecule has 2 aromatic rings. The third kappa shape index (κ3) is 3.40. The molecule has 3 N–H and O–H groups in total. The van der Waals surface area contributed by atoms with Crippen molar-refractivity contribution in [3.63, 3.8) is 0 Å². The minimum Gasteiger partial charge on any atom is -0.368 e. The summed E-state index contributed by atoms with van der Waals surface area (Å²) in [6.45, 7) is 6.42. The Morgan fingerprint density at radius 2 is 2.39 bits per heavy atom. The predicted octanol–water partition coefficient (Wildman–Crippen LogP) is 2.54. The number of nitrogens with one attached hydrogen (secondary N) is 1. The van der Waals surface area contributed by atoms with Gasteiger partial charge in [-0.1, -0.05) is 6.58 Å². The summed E-state index contributed by atoms with van der Waals surface area (Å²) in [7, 11) is 0. The Hall–Kier alpha value is -2.25. The molecule has 1 aliphatic rings. The summed E-state index contributed by atoms with van der Waals surface area (Å²) in [6, 6.07) is 4.43. The number of hydrogen-bond donors (Lipinski definition) is 2. The molecule has 0 radical (unpaired) electrons. The molecule has 6 nitrogen and oxygen atoms in total. The van der Waals surface area contributed by atoms with Crippen molar-refractivity contribution in [2.45, 2.75) is 32.4 Å². The highest BCUT2D eigenvalue weighted by atomic mass is 32.1. The number of aliphatic imine (C=N–C) groups is 1. The lowest BCUT2D eigenvalue weighted by atomic mass is 10.3. The number of nitrogens with two attached hydrogens (primary N) is 1. The van der Waals surface area contributed by atoms with Crippen LogP contribution in [0.25, 0.3) is 5.82 Å². The molecule has 1 saturated carbocycles. The summed E-state index contributed by atoms with van der Waals surface area (Å²) in [5, 5.41) is 7.52. The molecular formula is C16H19N5OS. The minimum absolute atomic E-state index is 0.443. The molecule has 2 aromatic heterocycles. The van der Waals surface area contributed by atoms with Crippen molar-refractivity contribution < 1.29 is 4.79 Å². The Morgan fingerprint density at radius 1 is 1.61 bits per heavy atom. The molecule has 0 aromatic carbocycles. The van der Waals surface area contributed by atoms with Gasteiger partial charge in [0.2, 0.25) is 0 Å². The highest BCUT2D eigenvalue weighted by Crippen LogP contribution is 2.26. The molecule has 3 rings (SSSR count). The van der Waals surface area contributed by atoms with Gasteiger partial charge < -0.3 is 11.1 Å². The maximum absolute atomic E-state index is 11.3. The zero-order chi connectivity index (χ0) is 16.4. The van der Waals surface area contributed by atoms with E-state index in [4.69, 9.17) is 5.73 Å². The molecule has 7 heteroatoms. The fourth-order valence-corrected chi connectivity index (χ4v) is 3.00. The van der Waals surface area contributed by atoms with Crippen LogP contribution in [0.5, 0.6) is 0 Å². The van der Waals surface area contributed by atoms with Gasteiger partial charge in [0.05, 0.1) is 17.5 Å². The summed E-state index contributed by atoms with van der Waals surface area (Å²) in [6.07, 6.45) is 4.55. The molecule has 0 amide bonds. The van der Waals surface area contributed by atoms with Gasteiger partial charge in [-0.15, -0.1) is 11.3 Å². The molecule has 0 spiro atoms. The zero-order valence-corrected chi connectivity index (χ0v) is 13.8. The zero-order valence-electron chi connectivity index (χ0n) is 13.0. The van der Waals surface area contributed by atoms with Crippen LogP contribution in [-0.4, -0.2) is 27.8 Å². The van der Waals surface area contributed by atoms with E-state index in [0.717, 1.165) is 34.6 Å². The third-order valence-electron chi connectivity index (χ3n) is 3.59. The SMILES string of the molecule is C=C(NC1CC1)n1ncc(C=O)c1N=C(C)c1ccc(CN)s1. The fraction of sp³-hybridized carbons (Fsp3) is 0.312. The Balaban J connectivity index is 1.93. The number of rotatable bonds is 7. The van der Waals surface area contributed by atoms with E-state index in [1.54, 1.807) is 16.0 Å². The highest BCUT2D eigenvalue weighted by molar-refractivity contribution is 7.14. The van der Waals surface area contributed by atoms with Crippen LogP contribution in [0.1, 0.15) is 39.9 Å². The van der Waals surface area contributed by atoms with Gasteiger partial charge in [-0.3, -0.25) is 4.79 Å². The van der Waals surface area contributed by atoms with E-state index < -0.39 is 0 Å². The van der Waals surface area contributed by atoms with Crippen LogP contribution in [0.15, 0.2) is 29.9 Å². The fourth-order valence-electron chi connectivity index (χ4n) is 2.17. The van der Waals surface area contributed by atoms with Crippen molar-refractivity contribution in [1.82, 2.24) is 15.1 Å². The highest BCUT2D eigenvalue weighted by Gasteiger charge is 2.23. The van der Waals surface area contributed by atoms with Crippen LogP contribution in [-0.2, 0) is 6.54 Å². The number of carbonyl (C=O) groups excluding carboxylic acids is 1. The first-order valence-electron chi connectivity index (χ1n) is 7.46. The summed E-state index contributed by atoms with van der Waals surface area (Å²) >= 11 is 1.60. The average molecular weight is 329 g/mol. The molecule has 0 atom stereocenters. The lowest BCUT2D eigenvalue weighted by Gasteiger charge is -2.10. The topological polar surface area (TPSA) is 85.3 Å². The monoisotopic (exact) mass is 329 g/mol. The smallest absolute Gasteiger partial charge is 0.168 e. The largest absolute Gasteiger partial charge is 0.368 e. The Bertz CT molecular complexity index is 769. The third-order valence-corrected chi connectivity index (χ3v) is 4.81. The van der Waals surface area contributed by atoms with Gasteiger partial charge in [-0.2, -0.15) is 9.78 Å². The van der Waals surface area contributed by atoms with E-state index in [1.165, 1.54) is 6.20 Å². The van der Waals surface area contributed by atoms with Crippen LogP contribution < -0.4 is 11.1 Å². The van der Waals surface area contributed by atoms with Crippen molar-refractivity contribution >= 4 is 35.0 Å². The Kier molecular flexibility index (Phi) is 4.40. The second-order valence-corrected chi connectivity index (χ2v) is 6.65. The van der Waals surface area contributed by atoms with Crippen LogP contribution in [0.4, 0.5) is 5.82 Å². The maximum atomic E-state index is 11.3. The van der Waals surface area contributed by atoms with Gasteiger partial charge in [0.1, 0.15) is 5.82 Å². The van der Waals surface area contributed by atoms with Crippen molar-refractivity contribution in [3.8, 4) is 0 Å². The molecule has 0 aliphatic heterocycles. The summed E-state index contributed by atoms with van der Waals surface area (Å²) in [5.74, 6) is 1.14. The number of aromatic nitrogens is 2. The number of thiophene rings is 1. The van der Waals surface area contributed by atoms with Gasteiger partial charge in [0, 0.05) is 22.3 Å². The quantitative estimate of drug-likeness (QED) is 0.604. The molecule has 0 saturated heterocycles. The Labute approximate surface area is 138 Å². The molecular weight excluding hydrogens is 310 g/mol. The van der Waals surface area contributed by atoms with Crippen molar-refractivity contribution in [2.24, 2.45) is 10.7 Å². The average Bonchev–Trinajstić information content (AvgIpc) is 3.08. The van der Waals surface area contributed by atoms with E-state index in [1.807, 2.05) is 19.1 Å². The van der Waals surface area contributed by atoms with E-state index in [2.05, 4.69) is 22.0 Å². The number of carbonyl (C=O) groups is 1. The molecule has 0 bridgehead atoms. The first kappa shape index (κ1) is 15.6. The number of aldehydes is 1. The van der Waals surface area contributed by atoms with E-state index >= 15 is 0 Å². The van der Waals surface area contributed by atoms with E-state index in [9.17, 15) is 4.79 Å². The molecule has 1 aliphatic carbocycles. The van der Waals surface area contributed by atoms with Crippen molar-refractivity contribution in [1.29, 1.82) is 0 Å². The van der Waals surface area contributed by atoms with Crippen LogP contribution in [0, 0.1) is 0 Å². The van der Waals surface area contributed by atoms with Crippen LogP contribution in [0.2, 0.25) is 0 Å². The predicted molar refractivity (Wildman–Crippen MR) is 93.2 cm³/mol. The summed E-state index contributed by atoms with van der Waals surface area (Å²) in [4.78, 5) is 18.0. The van der Waals surface area contributed by atoms with Gasteiger partial charge in [-0.05, 0) is 31.9 Å². The second kappa shape index (κ2) is 6.47. The number of hydrogen-bond acceptors (Lipinski definition) is 6. The first-order valence-corrected chi connectivity index (χ1v) is 8.27. The normalized spacial score (nSPS) is 14.8. The summed E-state index contributed by atoms with van der Waals surface area (Å²) < 4.78 is 1.59. The summed E-state index contributed by atoms with van der Waals surface area (Å²) in [5.41, 5.74) is 6.91. The van der Waals surface area contributed by atoms with E-state index in [-0.39, 0.29) is 0 Å². The molecule has 2 heterocycles. The lowest BCUT2D eigenvalue weighted by Crippen LogP contribution is -2.19. The first-order chi connectivity index (χ1) is 11.1. The number of nitrogens with zero attached hydrogens (tertiary/aromatic N) is 3. The van der Waals surface area contributed by atoms with Gasteiger partial charge in [-0.25, -0.2) is 4.99 Å². The van der Waals surface area contributed by atoms with Crippen molar-refractivity contribution in [3.05, 3.63) is 40.2 Å². The van der Waals surface area contributed by atoms with Crippen molar-refractivity contribution in [2.75, 3.05) is 0 Å². The molecule has 1 fully saturated rings. The van der Waals surface area contributed by atoms with Crippen LogP contribution >= 0.6 is 11.3 Å². The van der Waals surface area contributed by atoms with Gasteiger partial charge >= 0.3 is 0 Å². The minimum atomic E-state index is 0.443. The standard InChI is InChI=1S/C16H19N5OS/c1-10(15-6-5-14(7-17)23-15)19-16-12(9-22)8-18-21(16)11(2)20-13-3-4-13/h5-6,8-9,13,20H,2-4,7,17H2,1H3. The van der Waals surface area contributed by atoms with Crippen LogP contribution in [0.3, 0.4) is 0 Å². The maximum Gasteiger partial charge on any atom is 0.168 e. The molecule has 120 valence electrons. The lowest BCUT2D eigenvalue weighted by molar-refractivity contribution is 0.112. The Morgan fingerprint density at radius 3 is 3.00 bits per heavy atom.